The number of anilines is 2. The van der Waals surface area contributed by atoms with Crippen LogP contribution in [0.25, 0.3) is 0 Å². The summed E-state index contributed by atoms with van der Waals surface area (Å²) in [6, 6.07) is 9.36. The highest BCUT2D eigenvalue weighted by Gasteiger charge is 2.21. The number of nitrogens with one attached hydrogen (secondary N) is 2. The molecule has 29 heavy (non-hydrogen) atoms. The first-order chi connectivity index (χ1) is 13.8. The summed E-state index contributed by atoms with van der Waals surface area (Å²) < 4.78 is 50.6. The van der Waals surface area contributed by atoms with Crippen molar-refractivity contribution in [2.75, 3.05) is 16.8 Å². The normalized spacial score (nSPS) is 12.6. The largest absolute Gasteiger partial charge is 0.454 e. The van der Waals surface area contributed by atoms with Gasteiger partial charge in [-0.1, -0.05) is 11.3 Å². The minimum absolute atomic E-state index is 0.0302. The van der Waals surface area contributed by atoms with E-state index in [4.69, 9.17) is 9.47 Å². The van der Waals surface area contributed by atoms with Crippen molar-refractivity contribution in [1.29, 1.82) is 0 Å². The molecule has 1 amide bonds. The van der Waals surface area contributed by atoms with Gasteiger partial charge in [0.05, 0.1) is 10.6 Å². The van der Waals surface area contributed by atoms with Gasteiger partial charge in [-0.05, 0) is 43.3 Å². The predicted octanol–water partition coefficient (Wildman–Crippen LogP) is 3.37. The number of sulfonamides is 1. The number of rotatable bonds is 5. The van der Waals surface area contributed by atoms with Gasteiger partial charge in [0.2, 0.25) is 6.79 Å². The molecule has 0 aliphatic carbocycles. The van der Waals surface area contributed by atoms with Crippen LogP contribution in [0.4, 0.5) is 15.2 Å². The Morgan fingerprint density at radius 2 is 1.86 bits per heavy atom. The smallest absolute Gasteiger partial charge is 0.267 e. The third-order valence-corrected chi connectivity index (χ3v) is 6.53. The molecule has 4 rings (SSSR count). The average Bonchev–Trinajstić information content (AvgIpc) is 3.27. The maximum Gasteiger partial charge on any atom is 0.267 e. The van der Waals surface area contributed by atoms with E-state index >= 15 is 0 Å². The summed E-state index contributed by atoms with van der Waals surface area (Å²) >= 11 is 0.894. The Balaban J connectivity index is 1.51. The summed E-state index contributed by atoms with van der Waals surface area (Å²) in [7, 11) is -3.96. The number of halogens is 1. The molecule has 0 radical (unpaired) electrons. The number of hydrogen-bond donors (Lipinski definition) is 2. The van der Waals surface area contributed by atoms with Crippen LogP contribution in [0, 0.1) is 12.7 Å². The monoisotopic (exact) mass is 435 g/mol. The maximum atomic E-state index is 13.0. The highest BCUT2D eigenvalue weighted by Crippen LogP contribution is 2.34. The van der Waals surface area contributed by atoms with Gasteiger partial charge in [-0.25, -0.2) is 17.8 Å². The second-order valence-corrected chi connectivity index (χ2v) is 8.70. The molecule has 3 aromatic rings. The number of benzene rings is 2. The zero-order valence-electron chi connectivity index (χ0n) is 14.9. The Kier molecular flexibility index (Phi) is 4.84. The Morgan fingerprint density at radius 3 is 2.62 bits per heavy atom. The van der Waals surface area contributed by atoms with E-state index in [0.717, 1.165) is 35.6 Å². The van der Waals surface area contributed by atoms with Crippen molar-refractivity contribution in [2.45, 2.75) is 11.8 Å². The lowest BCUT2D eigenvalue weighted by Crippen LogP contribution is -2.12. The van der Waals surface area contributed by atoms with E-state index in [0.29, 0.717) is 22.9 Å². The van der Waals surface area contributed by atoms with Gasteiger partial charge in [-0.3, -0.25) is 9.52 Å². The van der Waals surface area contributed by atoms with Crippen molar-refractivity contribution in [1.82, 2.24) is 4.98 Å². The first-order valence-electron chi connectivity index (χ1n) is 8.29. The van der Waals surface area contributed by atoms with Crippen molar-refractivity contribution < 1.29 is 27.1 Å². The number of ether oxygens (including phenoxy) is 2. The van der Waals surface area contributed by atoms with Gasteiger partial charge in [0, 0.05) is 11.8 Å². The summed E-state index contributed by atoms with van der Waals surface area (Å²) in [5, 5.41) is 2.75. The molecule has 0 bridgehead atoms. The number of fused-ring (bicyclic) bond motifs is 1. The van der Waals surface area contributed by atoms with Gasteiger partial charge < -0.3 is 14.8 Å². The fraction of sp³-hybridized carbons (Fsp3) is 0.111. The van der Waals surface area contributed by atoms with Gasteiger partial charge in [-0.2, -0.15) is 0 Å². The number of carbonyl (C=O) groups is 1. The summed E-state index contributed by atoms with van der Waals surface area (Å²) in [4.78, 5) is 16.8. The number of amides is 1. The molecule has 0 saturated carbocycles. The van der Waals surface area contributed by atoms with Crippen LogP contribution in [0.2, 0.25) is 0 Å². The van der Waals surface area contributed by atoms with Gasteiger partial charge >= 0.3 is 0 Å². The first-order valence-corrected chi connectivity index (χ1v) is 10.6. The third-order valence-electron chi connectivity index (χ3n) is 3.98. The molecule has 0 unspecified atom stereocenters. The number of hydrogen-bond acceptors (Lipinski definition) is 7. The Hall–Kier alpha value is -3.18. The molecule has 11 heteroatoms. The van der Waals surface area contributed by atoms with Crippen molar-refractivity contribution in [3.63, 3.8) is 0 Å². The lowest BCUT2D eigenvalue weighted by molar-refractivity contribution is 0.103. The van der Waals surface area contributed by atoms with Gasteiger partial charge in [0.15, 0.2) is 16.6 Å². The SMILES string of the molecule is Cc1nc(NS(=O)(=O)c2ccc(F)cc2)sc1C(=O)Nc1ccc2c(c1)OCO2. The van der Waals surface area contributed by atoms with Crippen LogP contribution >= 0.6 is 11.3 Å². The second-order valence-electron chi connectivity index (χ2n) is 6.02. The lowest BCUT2D eigenvalue weighted by atomic mass is 10.2. The third kappa shape index (κ3) is 4.00. The molecule has 1 aliphatic heterocycles. The van der Waals surface area contributed by atoms with E-state index in [-0.39, 0.29) is 21.7 Å². The Morgan fingerprint density at radius 1 is 1.14 bits per heavy atom. The summed E-state index contributed by atoms with van der Waals surface area (Å²) in [6.45, 7) is 1.72. The molecule has 8 nitrogen and oxygen atoms in total. The highest BCUT2D eigenvalue weighted by atomic mass is 32.2. The van der Waals surface area contributed by atoms with E-state index in [1.54, 1.807) is 25.1 Å². The van der Waals surface area contributed by atoms with Crippen LogP contribution < -0.4 is 19.5 Å². The van der Waals surface area contributed by atoms with E-state index in [1.165, 1.54) is 0 Å². The van der Waals surface area contributed by atoms with Crippen LogP contribution in [0.15, 0.2) is 47.4 Å². The number of carbonyl (C=O) groups excluding carboxylic acids is 1. The lowest BCUT2D eigenvalue weighted by Gasteiger charge is -2.05. The van der Waals surface area contributed by atoms with E-state index in [2.05, 4.69) is 15.0 Å². The van der Waals surface area contributed by atoms with Crippen molar-refractivity contribution in [3.05, 3.63) is 58.9 Å². The minimum Gasteiger partial charge on any atom is -0.454 e. The first kappa shape index (κ1) is 19.2. The Labute approximate surface area is 169 Å². The maximum absolute atomic E-state index is 13.0. The molecule has 0 atom stereocenters. The fourth-order valence-electron chi connectivity index (χ4n) is 2.60. The standard InChI is InChI=1S/C18H14FN3O5S2/c1-10-16(17(23)21-12-4-7-14-15(8-12)27-9-26-14)28-18(20-10)22-29(24,25)13-5-2-11(19)3-6-13/h2-8H,9H2,1H3,(H,20,22)(H,21,23). The molecule has 1 aromatic heterocycles. The van der Waals surface area contributed by atoms with Crippen LogP contribution in [0.1, 0.15) is 15.4 Å². The van der Waals surface area contributed by atoms with Crippen molar-refractivity contribution in [2.24, 2.45) is 0 Å². The molecular formula is C18H14FN3O5S2. The molecule has 2 aromatic carbocycles. The number of nitrogens with zero attached hydrogens (tertiary/aromatic N) is 1. The van der Waals surface area contributed by atoms with Crippen LogP contribution in [-0.4, -0.2) is 26.1 Å². The molecule has 0 spiro atoms. The van der Waals surface area contributed by atoms with E-state index in [9.17, 15) is 17.6 Å². The summed E-state index contributed by atoms with van der Waals surface area (Å²) in [6.07, 6.45) is 0. The van der Waals surface area contributed by atoms with E-state index < -0.39 is 21.7 Å². The highest BCUT2D eigenvalue weighted by molar-refractivity contribution is 7.93. The van der Waals surface area contributed by atoms with Crippen molar-refractivity contribution in [3.8, 4) is 11.5 Å². The van der Waals surface area contributed by atoms with Crippen LogP contribution in [-0.2, 0) is 10.0 Å². The van der Waals surface area contributed by atoms with Gasteiger partial charge in [0.25, 0.3) is 15.9 Å². The second kappa shape index (κ2) is 7.33. The molecule has 0 fully saturated rings. The number of aryl methyl sites for hydroxylation is 1. The van der Waals surface area contributed by atoms with Gasteiger partial charge in [-0.15, -0.1) is 0 Å². The molecule has 0 saturated heterocycles. The Bertz CT molecular complexity index is 1190. The number of aromatic nitrogens is 1. The zero-order chi connectivity index (χ0) is 20.6. The van der Waals surface area contributed by atoms with Crippen LogP contribution in [0.5, 0.6) is 11.5 Å². The zero-order valence-corrected chi connectivity index (χ0v) is 16.6. The van der Waals surface area contributed by atoms with Gasteiger partial charge in [0.1, 0.15) is 10.7 Å². The molecule has 2 heterocycles. The number of thiazole rings is 1. The molecule has 150 valence electrons. The topological polar surface area (TPSA) is 107 Å². The molecule has 1 aliphatic rings. The molecule has 2 N–H and O–H groups in total. The van der Waals surface area contributed by atoms with Crippen LogP contribution in [0.3, 0.4) is 0 Å². The summed E-state index contributed by atoms with van der Waals surface area (Å²) in [5.74, 6) is 0.133. The molecular weight excluding hydrogens is 421 g/mol. The summed E-state index contributed by atoms with van der Waals surface area (Å²) in [5.41, 5.74) is 0.866. The van der Waals surface area contributed by atoms with E-state index in [1.807, 2.05) is 0 Å². The average molecular weight is 435 g/mol. The van der Waals surface area contributed by atoms with Crippen molar-refractivity contribution >= 4 is 38.1 Å². The predicted molar refractivity (Wildman–Crippen MR) is 105 cm³/mol. The fourth-order valence-corrected chi connectivity index (χ4v) is 4.70. The quantitative estimate of drug-likeness (QED) is 0.636. The minimum atomic E-state index is -3.96.